The number of hydrogen-bond donors (Lipinski definition) is 0. The standard InChI is InChI=1S/C24H27N3O3S/c1-17-22(31-23(25-17)19-9-10-20(29-2)21(15-19)30-3)24(28)27-13-11-26(12-14-27)16-18-7-5-4-6-8-18/h4-10,15H,11-14,16H2,1-3H3. The first-order chi connectivity index (χ1) is 15.1. The normalized spacial score (nSPS) is 14.5. The minimum atomic E-state index is 0.0705. The second kappa shape index (κ2) is 9.49. The molecule has 2 heterocycles. The first-order valence-corrected chi connectivity index (χ1v) is 11.2. The average molecular weight is 438 g/mol. The molecular weight excluding hydrogens is 410 g/mol. The molecule has 0 N–H and O–H groups in total. The number of piperazine rings is 1. The van der Waals surface area contributed by atoms with E-state index in [1.807, 2.05) is 36.1 Å². The van der Waals surface area contributed by atoms with E-state index in [4.69, 9.17) is 9.47 Å². The highest BCUT2D eigenvalue weighted by Gasteiger charge is 2.26. The molecule has 0 atom stereocenters. The highest BCUT2D eigenvalue weighted by atomic mass is 32.1. The maximum atomic E-state index is 13.2. The van der Waals surface area contributed by atoms with E-state index in [-0.39, 0.29) is 5.91 Å². The third kappa shape index (κ3) is 4.73. The van der Waals surface area contributed by atoms with Crippen LogP contribution in [0.2, 0.25) is 0 Å². The van der Waals surface area contributed by atoms with Gasteiger partial charge in [-0.15, -0.1) is 11.3 Å². The average Bonchev–Trinajstić information content (AvgIpc) is 3.21. The molecule has 0 saturated carbocycles. The van der Waals surface area contributed by atoms with Gasteiger partial charge in [0.15, 0.2) is 11.5 Å². The van der Waals surface area contributed by atoms with Crippen LogP contribution in [0, 0.1) is 6.92 Å². The summed E-state index contributed by atoms with van der Waals surface area (Å²) in [4.78, 5) is 22.9. The molecule has 162 valence electrons. The van der Waals surface area contributed by atoms with Crippen molar-refractivity contribution in [2.45, 2.75) is 13.5 Å². The van der Waals surface area contributed by atoms with Crippen LogP contribution < -0.4 is 9.47 Å². The van der Waals surface area contributed by atoms with Gasteiger partial charge < -0.3 is 14.4 Å². The number of rotatable bonds is 6. The summed E-state index contributed by atoms with van der Waals surface area (Å²) in [6, 6.07) is 16.2. The van der Waals surface area contributed by atoms with Gasteiger partial charge in [-0.3, -0.25) is 9.69 Å². The zero-order chi connectivity index (χ0) is 21.8. The number of ether oxygens (including phenoxy) is 2. The third-order valence-corrected chi connectivity index (χ3v) is 6.72. The Morgan fingerprint density at radius 3 is 2.39 bits per heavy atom. The summed E-state index contributed by atoms with van der Waals surface area (Å²) in [5.41, 5.74) is 2.99. The fourth-order valence-electron chi connectivity index (χ4n) is 3.78. The molecule has 1 aliphatic rings. The minimum absolute atomic E-state index is 0.0705. The lowest BCUT2D eigenvalue weighted by Crippen LogP contribution is -2.48. The second-order valence-electron chi connectivity index (χ2n) is 7.56. The van der Waals surface area contributed by atoms with Crippen LogP contribution in [-0.4, -0.2) is 61.1 Å². The molecule has 3 aromatic rings. The van der Waals surface area contributed by atoms with Gasteiger partial charge in [0, 0.05) is 38.3 Å². The van der Waals surface area contributed by atoms with Gasteiger partial charge in [0.1, 0.15) is 9.88 Å². The van der Waals surface area contributed by atoms with Gasteiger partial charge in [0.25, 0.3) is 5.91 Å². The van der Waals surface area contributed by atoms with Gasteiger partial charge in [-0.05, 0) is 30.7 Å². The zero-order valence-corrected chi connectivity index (χ0v) is 18.9. The number of carbonyl (C=O) groups excluding carboxylic acids is 1. The van der Waals surface area contributed by atoms with E-state index in [0.717, 1.165) is 49.0 Å². The number of aryl methyl sites for hydroxylation is 1. The third-order valence-electron chi connectivity index (χ3n) is 5.53. The molecule has 0 bridgehead atoms. The molecule has 31 heavy (non-hydrogen) atoms. The summed E-state index contributed by atoms with van der Waals surface area (Å²) in [5, 5.41) is 0.810. The van der Waals surface area contributed by atoms with Crippen molar-refractivity contribution in [2.24, 2.45) is 0 Å². The molecule has 0 spiro atoms. The molecule has 7 heteroatoms. The summed E-state index contributed by atoms with van der Waals surface area (Å²) in [7, 11) is 3.22. The van der Waals surface area contributed by atoms with E-state index >= 15 is 0 Å². The van der Waals surface area contributed by atoms with E-state index < -0.39 is 0 Å². The van der Waals surface area contributed by atoms with Gasteiger partial charge in [0.05, 0.1) is 19.9 Å². The Balaban J connectivity index is 1.44. The van der Waals surface area contributed by atoms with Crippen LogP contribution in [0.4, 0.5) is 0 Å². The van der Waals surface area contributed by atoms with Gasteiger partial charge in [-0.25, -0.2) is 4.98 Å². The van der Waals surface area contributed by atoms with E-state index in [2.05, 4.69) is 34.1 Å². The van der Waals surface area contributed by atoms with E-state index in [9.17, 15) is 4.79 Å². The lowest BCUT2D eigenvalue weighted by molar-refractivity contribution is 0.0632. The fourth-order valence-corrected chi connectivity index (χ4v) is 4.81. The summed E-state index contributed by atoms with van der Waals surface area (Å²) in [6.07, 6.45) is 0. The lowest BCUT2D eigenvalue weighted by Gasteiger charge is -2.34. The van der Waals surface area contributed by atoms with E-state index in [0.29, 0.717) is 16.4 Å². The first kappa shape index (κ1) is 21.3. The predicted octanol–water partition coefficient (Wildman–Crippen LogP) is 4.09. The summed E-state index contributed by atoms with van der Waals surface area (Å²) in [5.74, 6) is 1.39. The molecule has 4 rings (SSSR count). The topological polar surface area (TPSA) is 54.9 Å². The molecule has 0 aliphatic carbocycles. The number of hydrogen-bond acceptors (Lipinski definition) is 6. The molecule has 1 aromatic heterocycles. The first-order valence-electron chi connectivity index (χ1n) is 10.3. The number of amides is 1. The Morgan fingerprint density at radius 2 is 1.71 bits per heavy atom. The maximum absolute atomic E-state index is 13.2. The number of benzene rings is 2. The maximum Gasteiger partial charge on any atom is 0.265 e. The van der Waals surface area contributed by atoms with Crippen LogP contribution in [0.3, 0.4) is 0 Å². The zero-order valence-electron chi connectivity index (χ0n) is 18.1. The molecular formula is C24H27N3O3S. The Hall–Kier alpha value is -2.90. The van der Waals surface area contributed by atoms with Gasteiger partial charge in [-0.2, -0.15) is 0 Å². The summed E-state index contributed by atoms with van der Waals surface area (Å²) < 4.78 is 10.7. The number of carbonyl (C=O) groups is 1. The summed E-state index contributed by atoms with van der Waals surface area (Å²) in [6.45, 7) is 6.04. The van der Waals surface area contributed by atoms with Crippen molar-refractivity contribution >= 4 is 17.2 Å². The number of aromatic nitrogens is 1. The van der Waals surface area contributed by atoms with Crippen molar-refractivity contribution < 1.29 is 14.3 Å². The molecule has 1 saturated heterocycles. The molecule has 2 aromatic carbocycles. The van der Waals surface area contributed by atoms with Gasteiger partial charge in [0.2, 0.25) is 0 Å². The van der Waals surface area contributed by atoms with Crippen LogP contribution in [0.5, 0.6) is 11.5 Å². The molecule has 0 radical (unpaired) electrons. The van der Waals surface area contributed by atoms with Crippen molar-refractivity contribution in [3.63, 3.8) is 0 Å². The van der Waals surface area contributed by atoms with Crippen molar-refractivity contribution in [1.29, 1.82) is 0 Å². The SMILES string of the molecule is COc1ccc(-c2nc(C)c(C(=O)N3CCN(Cc4ccccc4)CC3)s2)cc1OC. The molecule has 1 fully saturated rings. The van der Waals surface area contributed by atoms with Crippen LogP contribution in [0.1, 0.15) is 20.9 Å². The van der Waals surface area contributed by atoms with E-state index in [1.165, 1.54) is 16.9 Å². The van der Waals surface area contributed by atoms with Crippen LogP contribution in [0.15, 0.2) is 48.5 Å². The Labute approximate surface area is 187 Å². The van der Waals surface area contributed by atoms with Crippen LogP contribution in [-0.2, 0) is 6.54 Å². The molecule has 1 amide bonds. The van der Waals surface area contributed by atoms with Crippen LogP contribution >= 0.6 is 11.3 Å². The smallest absolute Gasteiger partial charge is 0.265 e. The lowest BCUT2D eigenvalue weighted by atomic mass is 10.2. The Bertz CT molecular complexity index is 1040. The molecule has 1 aliphatic heterocycles. The van der Waals surface area contributed by atoms with Crippen molar-refractivity contribution in [1.82, 2.24) is 14.8 Å². The Kier molecular flexibility index (Phi) is 6.53. The monoisotopic (exact) mass is 437 g/mol. The minimum Gasteiger partial charge on any atom is -0.493 e. The highest BCUT2D eigenvalue weighted by Crippen LogP contribution is 2.35. The van der Waals surface area contributed by atoms with Gasteiger partial charge >= 0.3 is 0 Å². The highest BCUT2D eigenvalue weighted by molar-refractivity contribution is 7.17. The summed E-state index contributed by atoms with van der Waals surface area (Å²) >= 11 is 1.44. The van der Waals surface area contributed by atoms with Crippen molar-refractivity contribution in [2.75, 3.05) is 40.4 Å². The van der Waals surface area contributed by atoms with Crippen molar-refractivity contribution in [3.05, 3.63) is 64.7 Å². The fraction of sp³-hybridized carbons (Fsp3) is 0.333. The Morgan fingerprint density at radius 1 is 1.00 bits per heavy atom. The quantitative estimate of drug-likeness (QED) is 0.581. The number of thiazole rings is 1. The van der Waals surface area contributed by atoms with E-state index in [1.54, 1.807) is 14.2 Å². The molecule has 6 nitrogen and oxygen atoms in total. The number of methoxy groups -OCH3 is 2. The van der Waals surface area contributed by atoms with Crippen molar-refractivity contribution in [3.8, 4) is 22.1 Å². The molecule has 0 unspecified atom stereocenters. The number of nitrogens with zero attached hydrogens (tertiary/aromatic N) is 3. The predicted molar refractivity (Wildman–Crippen MR) is 123 cm³/mol. The second-order valence-corrected chi connectivity index (χ2v) is 8.56. The van der Waals surface area contributed by atoms with Gasteiger partial charge in [-0.1, -0.05) is 30.3 Å². The van der Waals surface area contributed by atoms with Crippen LogP contribution in [0.25, 0.3) is 10.6 Å². The largest absolute Gasteiger partial charge is 0.493 e.